The summed E-state index contributed by atoms with van der Waals surface area (Å²) < 4.78 is 64.5. The third-order valence-electron chi connectivity index (χ3n) is 8.85. The standard InChI is InChI=1S/C32H40F4O2/c1-3-4-19-38-28-18-17-27(31(35)32(28)36)23-8-5-21(6-9-23)7-10-25-15-16-26(30(34)29(25)33)24-13-11-22(12-14-24)20(2)37/h3,15-18,20-24,37H,1,4-14,19H2,2H3. The maximum atomic E-state index is 15.0. The largest absolute Gasteiger partial charge is 0.490 e. The van der Waals surface area contributed by atoms with Crippen LogP contribution in [0.1, 0.15) is 99.7 Å². The molecule has 0 aromatic heterocycles. The maximum absolute atomic E-state index is 15.0. The Morgan fingerprint density at radius 1 is 0.842 bits per heavy atom. The number of halogens is 4. The lowest BCUT2D eigenvalue weighted by Crippen LogP contribution is -2.23. The monoisotopic (exact) mass is 532 g/mol. The van der Waals surface area contributed by atoms with Crippen molar-refractivity contribution in [3.63, 3.8) is 0 Å². The third-order valence-corrected chi connectivity index (χ3v) is 8.85. The third kappa shape index (κ3) is 6.62. The van der Waals surface area contributed by atoms with Crippen LogP contribution >= 0.6 is 0 Å². The molecule has 2 fully saturated rings. The molecular weight excluding hydrogens is 492 g/mol. The van der Waals surface area contributed by atoms with E-state index in [4.69, 9.17) is 4.74 Å². The lowest BCUT2D eigenvalue weighted by atomic mass is 9.76. The average molecular weight is 533 g/mol. The molecule has 2 aliphatic rings. The number of rotatable bonds is 10. The number of aliphatic hydroxyl groups excluding tert-OH is 1. The lowest BCUT2D eigenvalue weighted by Gasteiger charge is -2.31. The first kappa shape index (κ1) is 28.7. The van der Waals surface area contributed by atoms with Crippen molar-refractivity contribution in [1.82, 2.24) is 0 Å². The fourth-order valence-corrected chi connectivity index (χ4v) is 6.37. The quantitative estimate of drug-likeness (QED) is 0.188. The van der Waals surface area contributed by atoms with Gasteiger partial charge < -0.3 is 9.84 Å². The predicted molar refractivity (Wildman–Crippen MR) is 142 cm³/mol. The van der Waals surface area contributed by atoms with Crippen molar-refractivity contribution < 1.29 is 27.4 Å². The summed E-state index contributed by atoms with van der Waals surface area (Å²) in [5.41, 5.74) is 1.26. The number of aryl methyl sites for hydroxylation is 1. The fourth-order valence-electron chi connectivity index (χ4n) is 6.37. The minimum atomic E-state index is -0.939. The zero-order chi connectivity index (χ0) is 27.2. The smallest absolute Gasteiger partial charge is 0.200 e. The Hall–Kier alpha value is -2.34. The Bertz CT molecular complexity index is 1080. The molecule has 2 aromatic carbocycles. The van der Waals surface area contributed by atoms with Crippen molar-refractivity contribution in [3.05, 3.63) is 76.9 Å². The number of benzene rings is 2. The van der Waals surface area contributed by atoms with Crippen molar-refractivity contribution in [3.8, 4) is 5.75 Å². The van der Waals surface area contributed by atoms with Crippen LogP contribution in [0.2, 0.25) is 0 Å². The van der Waals surface area contributed by atoms with Crippen LogP contribution in [0.5, 0.6) is 5.75 Å². The van der Waals surface area contributed by atoms with Crippen LogP contribution in [0.15, 0.2) is 36.9 Å². The highest BCUT2D eigenvalue weighted by molar-refractivity contribution is 5.33. The minimum Gasteiger partial charge on any atom is -0.490 e. The molecule has 0 saturated heterocycles. The van der Waals surface area contributed by atoms with Crippen LogP contribution in [0.25, 0.3) is 0 Å². The Morgan fingerprint density at radius 3 is 2.03 bits per heavy atom. The predicted octanol–water partition coefficient (Wildman–Crippen LogP) is 8.76. The van der Waals surface area contributed by atoms with E-state index in [0.29, 0.717) is 35.4 Å². The van der Waals surface area contributed by atoms with Gasteiger partial charge in [0.15, 0.2) is 23.2 Å². The van der Waals surface area contributed by atoms with Crippen LogP contribution in [0.3, 0.4) is 0 Å². The van der Waals surface area contributed by atoms with Gasteiger partial charge in [0.05, 0.1) is 12.7 Å². The molecule has 0 radical (unpaired) electrons. The van der Waals surface area contributed by atoms with E-state index in [1.54, 1.807) is 31.2 Å². The highest BCUT2D eigenvalue weighted by atomic mass is 19.2. The molecule has 2 nitrogen and oxygen atoms in total. The van der Waals surface area contributed by atoms with Crippen LogP contribution in [0, 0.1) is 35.1 Å². The highest BCUT2D eigenvalue weighted by Gasteiger charge is 2.29. The summed E-state index contributed by atoms with van der Waals surface area (Å²) in [5.74, 6) is -2.77. The molecule has 2 saturated carbocycles. The number of aliphatic hydroxyl groups is 1. The van der Waals surface area contributed by atoms with E-state index >= 15 is 0 Å². The Labute approximate surface area is 224 Å². The molecule has 6 heteroatoms. The fraction of sp³-hybridized carbons (Fsp3) is 0.562. The van der Waals surface area contributed by atoms with Gasteiger partial charge in [-0.3, -0.25) is 0 Å². The zero-order valence-corrected chi connectivity index (χ0v) is 22.3. The second-order valence-corrected chi connectivity index (χ2v) is 11.3. The molecule has 208 valence electrons. The van der Waals surface area contributed by atoms with Gasteiger partial charge in [0.1, 0.15) is 0 Å². The van der Waals surface area contributed by atoms with Crippen LogP contribution in [0.4, 0.5) is 17.6 Å². The highest BCUT2D eigenvalue weighted by Crippen LogP contribution is 2.41. The molecule has 0 aliphatic heterocycles. The van der Waals surface area contributed by atoms with E-state index in [1.807, 2.05) is 0 Å². The Balaban J connectivity index is 1.29. The average Bonchev–Trinajstić information content (AvgIpc) is 2.92. The summed E-state index contributed by atoms with van der Waals surface area (Å²) in [5, 5.41) is 9.80. The summed E-state index contributed by atoms with van der Waals surface area (Å²) in [7, 11) is 0. The number of hydrogen-bond acceptors (Lipinski definition) is 2. The Kier molecular flexibility index (Phi) is 9.91. The number of ether oxygens (including phenoxy) is 1. The van der Waals surface area contributed by atoms with E-state index in [-0.39, 0.29) is 36.2 Å². The van der Waals surface area contributed by atoms with Crippen molar-refractivity contribution in [2.24, 2.45) is 11.8 Å². The summed E-state index contributed by atoms with van der Waals surface area (Å²) in [4.78, 5) is 0. The first-order chi connectivity index (χ1) is 18.3. The van der Waals surface area contributed by atoms with E-state index in [1.165, 1.54) is 6.07 Å². The lowest BCUT2D eigenvalue weighted by molar-refractivity contribution is 0.0963. The molecule has 4 rings (SSSR count). The van der Waals surface area contributed by atoms with Gasteiger partial charge in [-0.05, 0) is 124 Å². The van der Waals surface area contributed by atoms with Gasteiger partial charge in [0, 0.05) is 0 Å². The van der Waals surface area contributed by atoms with Gasteiger partial charge in [0.2, 0.25) is 5.82 Å². The summed E-state index contributed by atoms with van der Waals surface area (Å²) in [6.45, 7) is 5.64. The van der Waals surface area contributed by atoms with Gasteiger partial charge in [-0.25, -0.2) is 13.2 Å². The normalized spacial score (nSPS) is 24.7. The molecule has 1 atom stereocenters. The summed E-state index contributed by atoms with van der Waals surface area (Å²) in [6.07, 6.45) is 9.43. The molecule has 0 amide bonds. The van der Waals surface area contributed by atoms with E-state index in [0.717, 1.165) is 57.8 Å². The van der Waals surface area contributed by atoms with Crippen molar-refractivity contribution in [2.75, 3.05) is 6.61 Å². The molecule has 0 bridgehead atoms. The van der Waals surface area contributed by atoms with E-state index in [2.05, 4.69) is 6.58 Å². The minimum absolute atomic E-state index is 0.00170. The molecule has 1 N–H and O–H groups in total. The van der Waals surface area contributed by atoms with Gasteiger partial charge in [-0.1, -0.05) is 24.3 Å². The van der Waals surface area contributed by atoms with Crippen molar-refractivity contribution >= 4 is 0 Å². The second kappa shape index (κ2) is 13.1. The number of hydrogen-bond donors (Lipinski definition) is 1. The summed E-state index contributed by atoms with van der Waals surface area (Å²) in [6, 6.07) is 6.61. The second-order valence-electron chi connectivity index (χ2n) is 11.3. The van der Waals surface area contributed by atoms with Crippen LogP contribution in [-0.4, -0.2) is 17.8 Å². The van der Waals surface area contributed by atoms with Gasteiger partial charge in [-0.15, -0.1) is 6.58 Å². The molecule has 2 aromatic rings. The first-order valence-corrected chi connectivity index (χ1v) is 14.2. The first-order valence-electron chi connectivity index (χ1n) is 14.2. The van der Waals surface area contributed by atoms with Gasteiger partial charge in [0.25, 0.3) is 0 Å². The molecule has 0 heterocycles. The molecular formula is C32H40F4O2. The Morgan fingerprint density at radius 2 is 1.42 bits per heavy atom. The zero-order valence-electron chi connectivity index (χ0n) is 22.3. The van der Waals surface area contributed by atoms with Crippen molar-refractivity contribution in [2.45, 2.75) is 95.5 Å². The van der Waals surface area contributed by atoms with Crippen molar-refractivity contribution in [1.29, 1.82) is 0 Å². The van der Waals surface area contributed by atoms with E-state index < -0.39 is 23.3 Å². The van der Waals surface area contributed by atoms with Gasteiger partial charge in [-0.2, -0.15) is 4.39 Å². The molecule has 1 unspecified atom stereocenters. The van der Waals surface area contributed by atoms with E-state index in [9.17, 15) is 22.7 Å². The van der Waals surface area contributed by atoms with Gasteiger partial charge >= 0.3 is 0 Å². The topological polar surface area (TPSA) is 29.5 Å². The summed E-state index contributed by atoms with van der Waals surface area (Å²) >= 11 is 0. The molecule has 0 spiro atoms. The molecule has 2 aliphatic carbocycles. The van der Waals surface area contributed by atoms with Crippen LogP contribution in [-0.2, 0) is 6.42 Å². The maximum Gasteiger partial charge on any atom is 0.200 e. The molecule has 38 heavy (non-hydrogen) atoms. The van der Waals surface area contributed by atoms with Crippen LogP contribution < -0.4 is 4.74 Å². The SMILES string of the molecule is C=CCCOc1ccc(C2CCC(CCc3ccc(C4CCC(C(C)O)CC4)c(F)c3F)CC2)c(F)c1F.